The smallest absolute Gasteiger partial charge is 0.333 e. The van der Waals surface area contributed by atoms with Crippen molar-refractivity contribution in [3.63, 3.8) is 0 Å². The number of para-hydroxylation sites is 1. The minimum absolute atomic E-state index is 0.504. The molecule has 2 amide bonds. The number of carbonyl (C=O) groups is 1. The van der Waals surface area contributed by atoms with Crippen molar-refractivity contribution in [1.82, 2.24) is 16.0 Å². The van der Waals surface area contributed by atoms with E-state index in [0.717, 1.165) is 11.9 Å². The van der Waals surface area contributed by atoms with Crippen LogP contribution < -0.4 is 11.1 Å². The fraction of sp³-hybridized carbons (Fsp3) is 0.182. The first-order valence-corrected chi connectivity index (χ1v) is 4.82. The predicted molar refractivity (Wildman–Crippen MR) is 58.5 cm³/mol. The van der Waals surface area contributed by atoms with Crippen LogP contribution in [0.25, 0.3) is 10.9 Å². The zero-order chi connectivity index (χ0) is 10.7. The summed E-state index contributed by atoms with van der Waals surface area (Å²) in [6, 6.07) is 7.30. The molecule has 0 aliphatic rings. The zero-order valence-corrected chi connectivity index (χ0v) is 8.21. The number of aromatic amines is 1. The Labute approximate surface area is 87.5 Å². The van der Waals surface area contributed by atoms with Crippen LogP contribution in [0.1, 0.15) is 5.56 Å². The normalized spacial score (nSPS) is 10.4. The van der Waals surface area contributed by atoms with E-state index in [2.05, 4.69) is 10.3 Å². The lowest BCUT2D eigenvalue weighted by atomic mass is 10.1. The number of benzene rings is 1. The van der Waals surface area contributed by atoms with Crippen LogP contribution in [-0.4, -0.2) is 17.6 Å². The second-order valence-corrected chi connectivity index (χ2v) is 3.37. The molecule has 0 bridgehead atoms. The Morgan fingerprint density at radius 3 is 3.00 bits per heavy atom. The van der Waals surface area contributed by atoms with Gasteiger partial charge in [-0.05, 0) is 18.1 Å². The first kappa shape index (κ1) is 9.58. The molecule has 0 saturated carbocycles. The van der Waals surface area contributed by atoms with Crippen LogP contribution in [0, 0.1) is 0 Å². The molecule has 1 radical (unpaired) electrons. The highest BCUT2D eigenvalue weighted by molar-refractivity contribution is 5.83. The molecule has 1 aromatic heterocycles. The molecule has 0 atom stereocenters. The Hall–Kier alpha value is -1.97. The molecule has 2 aromatic rings. The first-order chi connectivity index (χ1) is 7.27. The molecule has 3 N–H and O–H groups in total. The number of nitrogens with one attached hydrogen (secondary N) is 3. The SMILES string of the molecule is [NH]C(=O)NCCc1c[nH]c2ccccc12. The molecule has 77 valence electrons. The number of hydrogen-bond donors (Lipinski definition) is 2. The van der Waals surface area contributed by atoms with Crippen molar-refractivity contribution < 1.29 is 4.79 Å². The number of urea groups is 1. The predicted octanol–water partition coefficient (Wildman–Crippen LogP) is 1.70. The lowest BCUT2D eigenvalue weighted by molar-refractivity contribution is 0.248. The van der Waals surface area contributed by atoms with E-state index >= 15 is 0 Å². The Kier molecular flexibility index (Phi) is 2.58. The molecule has 1 aromatic carbocycles. The highest BCUT2D eigenvalue weighted by atomic mass is 16.2. The van der Waals surface area contributed by atoms with E-state index in [1.54, 1.807) is 0 Å². The maximum Gasteiger partial charge on any atom is 0.333 e. The van der Waals surface area contributed by atoms with Crippen molar-refractivity contribution in [3.8, 4) is 0 Å². The lowest BCUT2D eigenvalue weighted by Crippen LogP contribution is -2.24. The maximum absolute atomic E-state index is 10.4. The number of amides is 2. The van der Waals surface area contributed by atoms with Crippen molar-refractivity contribution in [2.75, 3.05) is 6.54 Å². The van der Waals surface area contributed by atoms with Crippen LogP contribution in [0.4, 0.5) is 4.79 Å². The highest BCUT2D eigenvalue weighted by Gasteiger charge is 2.02. The summed E-state index contributed by atoms with van der Waals surface area (Å²) in [5.74, 6) is 0. The Morgan fingerprint density at radius 1 is 1.40 bits per heavy atom. The Balaban J connectivity index is 2.11. The van der Waals surface area contributed by atoms with Gasteiger partial charge in [-0.25, -0.2) is 10.5 Å². The quantitative estimate of drug-likeness (QED) is 0.781. The third-order valence-electron chi connectivity index (χ3n) is 2.35. The summed E-state index contributed by atoms with van der Waals surface area (Å²) in [5, 5.41) is 3.64. The largest absolute Gasteiger partial charge is 0.361 e. The van der Waals surface area contributed by atoms with Crippen LogP contribution in [0.15, 0.2) is 30.5 Å². The van der Waals surface area contributed by atoms with E-state index in [4.69, 9.17) is 5.73 Å². The molecule has 0 saturated heterocycles. The second kappa shape index (κ2) is 4.04. The number of H-pyrrole nitrogens is 1. The summed E-state index contributed by atoms with van der Waals surface area (Å²) in [7, 11) is 0. The van der Waals surface area contributed by atoms with Crippen LogP contribution in [0.3, 0.4) is 0 Å². The molecule has 4 heteroatoms. The van der Waals surface area contributed by atoms with Gasteiger partial charge in [-0.1, -0.05) is 18.2 Å². The average molecular weight is 202 g/mol. The van der Waals surface area contributed by atoms with Gasteiger partial charge >= 0.3 is 6.03 Å². The molecule has 0 spiro atoms. The van der Waals surface area contributed by atoms with Gasteiger partial charge in [-0.2, -0.15) is 0 Å². The molecule has 0 unspecified atom stereocenters. The molecule has 0 aliphatic heterocycles. The summed E-state index contributed by atoms with van der Waals surface area (Å²) in [5.41, 5.74) is 8.98. The molecule has 0 aliphatic carbocycles. The second-order valence-electron chi connectivity index (χ2n) is 3.37. The number of carbonyl (C=O) groups excluding carboxylic acids is 1. The lowest BCUT2D eigenvalue weighted by Gasteiger charge is -1.99. The van der Waals surface area contributed by atoms with Gasteiger partial charge in [0.15, 0.2) is 0 Å². The molecule has 15 heavy (non-hydrogen) atoms. The van der Waals surface area contributed by atoms with Gasteiger partial charge in [0.2, 0.25) is 0 Å². The van der Waals surface area contributed by atoms with Gasteiger partial charge < -0.3 is 10.3 Å². The summed E-state index contributed by atoms with van der Waals surface area (Å²) in [4.78, 5) is 13.6. The summed E-state index contributed by atoms with van der Waals surface area (Å²) in [6.07, 6.45) is 2.69. The number of fused-ring (bicyclic) bond motifs is 1. The average Bonchev–Trinajstić information content (AvgIpc) is 2.62. The van der Waals surface area contributed by atoms with Crippen molar-refractivity contribution in [3.05, 3.63) is 36.0 Å². The molecular weight excluding hydrogens is 190 g/mol. The van der Waals surface area contributed by atoms with E-state index in [0.29, 0.717) is 6.54 Å². The van der Waals surface area contributed by atoms with Crippen molar-refractivity contribution in [2.45, 2.75) is 6.42 Å². The summed E-state index contributed by atoms with van der Waals surface area (Å²) in [6.45, 7) is 0.504. The van der Waals surface area contributed by atoms with Crippen LogP contribution in [-0.2, 0) is 6.42 Å². The van der Waals surface area contributed by atoms with Gasteiger partial charge in [-0.3, -0.25) is 0 Å². The first-order valence-electron chi connectivity index (χ1n) is 4.82. The van der Waals surface area contributed by atoms with Gasteiger partial charge in [0, 0.05) is 23.6 Å². The molecule has 0 fully saturated rings. The Bertz CT molecular complexity index is 475. The van der Waals surface area contributed by atoms with Crippen LogP contribution in [0.5, 0.6) is 0 Å². The fourth-order valence-corrected chi connectivity index (χ4v) is 1.65. The fourth-order valence-electron chi connectivity index (χ4n) is 1.65. The molecule has 2 rings (SSSR count). The van der Waals surface area contributed by atoms with E-state index in [1.807, 2.05) is 30.5 Å². The summed E-state index contributed by atoms with van der Waals surface area (Å²) < 4.78 is 0. The van der Waals surface area contributed by atoms with E-state index < -0.39 is 6.03 Å². The van der Waals surface area contributed by atoms with E-state index in [1.165, 1.54) is 10.9 Å². The molecular formula is C11H12N3O. The van der Waals surface area contributed by atoms with E-state index in [9.17, 15) is 4.79 Å². The number of hydrogen-bond acceptors (Lipinski definition) is 1. The van der Waals surface area contributed by atoms with Crippen molar-refractivity contribution in [2.24, 2.45) is 0 Å². The van der Waals surface area contributed by atoms with Crippen LogP contribution in [0.2, 0.25) is 0 Å². The van der Waals surface area contributed by atoms with Gasteiger partial charge in [-0.15, -0.1) is 0 Å². The van der Waals surface area contributed by atoms with Crippen molar-refractivity contribution >= 4 is 16.9 Å². The van der Waals surface area contributed by atoms with Gasteiger partial charge in [0.1, 0.15) is 0 Å². The third-order valence-corrected chi connectivity index (χ3v) is 2.35. The maximum atomic E-state index is 10.4. The standard InChI is InChI=1S/C11H12N3O/c12-11(15)13-6-5-8-7-14-10-4-2-1-3-9(8)10/h1-4,7,12,14H,5-6H2,(H,13,15). The molecule has 4 nitrogen and oxygen atoms in total. The number of rotatable bonds is 3. The monoisotopic (exact) mass is 202 g/mol. The number of aromatic nitrogens is 1. The zero-order valence-electron chi connectivity index (χ0n) is 8.21. The van der Waals surface area contributed by atoms with Crippen LogP contribution >= 0.6 is 0 Å². The van der Waals surface area contributed by atoms with Gasteiger partial charge in [0.25, 0.3) is 0 Å². The minimum Gasteiger partial charge on any atom is -0.361 e. The van der Waals surface area contributed by atoms with E-state index in [-0.39, 0.29) is 0 Å². The Morgan fingerprint density at radius 2 is 2.20 bits per heavy atom. The third kappa shape index (κ3) is 2.10. The highest BCUT2D eigenvalue weighted by Crippen LogP contribution is 2.17. The topological polar surface area (TPSA) is 68.7 Å². The molecule has 1 heterocycles. The van der Waals surface area contributed by atoms with Gasteiger partial charge in [0.05, 0.1) is 0 Å². The van der Waals surface area contributed by atoms with Crippen molar-refractivity contribution in [1.29, 1.82) is 0 Å². The summed E-state index contributed by atoms with van der Waals surface area (Å²) >= 11 is 0. The minimum atomic E-state index is -0.727.